The fraction of sp³-hybridized carbons (Fsp3) is 0.462. The maximum atomic E-state index is 12.0. The van der Waals surface area contributed by atoms with E-state index in [1.54, 1.807) is 6.07 Å². The summed E-state index contributed by atoms with van der Waals surface area (Å²) >= 11 is 3.37. The second kappa shape index (κ2) is 5.19. The molecule has 1 aliphatic heterocycles. The third kappa shape index (κ3) is 3.07. The molecule has 17 heavy (non-hydrogen) atoms. The molecule has 1 aliphatic rings. The summed E-state index contributed by atoms with van der Waals surface area (Å²) in [6.45, 7) is 3.40. The predicted octanol–water partition coefficient (Wildman–Crippen LogP) is 2.75. The summed E-state index contributed by atoms with van der Waals surface area (Å²) in [6, 6.07) is 7.41. The van der Waals surface area contributed by atoms with E-state index in [1.807, 2.05) is 25.1 Å². The van der Waals surface area contributed by atoms with Gasteiger partial charge in [0.25, 0.3) is 5.91 Å². The largest absolute Gasteiger partial charge is 0.373 e. The molecule has 1 aromatic rings. The highest BCUT2D eigenvalue weighted by atomic mass is 79.9. The molecule has 1 aromatic carbocycles. The second-order valence-corrected chi connectivity index (χ2v) is 5.42. The van der Waals surface area contributed by atoms with Gasteiger partial charge in [0.2, 0.25) is 0 Å². The van der Waals surface area contributed by atoms with E-state index < -0.39 is 0 Å². The predicted molar refractivity (Wildman–Crippen MR) is 70.1 cm³/mol. The highest BCUT2D eigenvalue weighted by Gasteiger charge is 2.30. The van der Waals surface area contributed by atoms with Crippen molar-refractivity contribution in [1.82, 2.24) is 5.32 Å². The van der Waals surface area contributed by atoms with Crippen molar-refractivity contribution in [2.75, 3.05) is 13.2 Å². The van der Waals surface area contributed by atoms with Crippen LogP contribution < -0.4 is 5.32 Å². The van der Waals surface area contributed by atoms with Gasteiger partial charge in [-0.15, -0.1) is 0 Å². The number of ether oxygens (including phenoxy) is 1. The normalized spacial score (nSPS) is 23.6. The van der Waals surface area contributed by atoms with Crippen LogP contribution in [-0.2, 0) is 4.74 Å². The fourth-order valence-corrected chi connectivity index (χ4v) is 2.45. The van der Waals surface area contributed by atoms with E-state index in [4.69, 9.17) is 4.74 Å². The first kappa shape index (κ1) is 12.6. The summed E-state index contributed by atoms with van der Waals surface area (Å²) in [6.07, 6.45) is 2.07. The maximum Gasteiger partial charge on any atom is 0.252 e. The van der Waals surface area contributed by atoms with Crippen LogP contribution >= 0.6 is 15.9 Å². The Hall–Kier alpha value is -0.870. The monoisotopic (exact) mass is 297 g/mol. The molecule has 0 radical (unpaired) electrons. The van der Waals surface area contributed by atoms with Gasteiger partial charge in [-0.05, 0) is 47.8 Å². The van der Waals surface area contributed by atoms with Crippen LogP contribution in [0, 0.1) is 0 Å². The number of amides is 1. The number of carbonyl (C=O) groups is 1. The minimum atomic E-state index is -0.198. The molecule has 2 rings (SSSR count). The van der Waals surface area contributed by atoms with Crippen LogP contribution in [0.15, 0.2) is 28.7 Å². The van der Waals surface area contributed by atoms with Gasteiger partial charge in [-0.25, -0.2) is 0 Å². The molecule has 4 heteroatoms. The Bertz CT molecular complexity index is 414. The van der Waals surface area contributed by atoms with Crippen molar-refractivity contribution >= 4 is 21.8 Å². The van der Waals surface area contributed by atoms with E-state index >= 15 is 0 Å². The SMILES string of the molecule is CC1(CNC(=O)c2ccccc2Br)CCCO1. The number of nitrogens with one attached hydrogen (secondary N) is 1. The number of halogens is 1. The Balaban J connectivity index is 1.96. The fourth-order valence-electron chi connectivity index (χ4n) is 1.98. The Kier molecular flexibility index (Phi) is 3.84. The molecule has 0 spiro atoms. The van der Waals surface area contributed by atoms with E-state index in [0.717, 1.165) is 23.9 Å². The summed E-state index contributed by atoms with van der Waals surface area (Å²) in [5, 5.41) is 2.93. The molecule has 0 aliphatic carbocycles. The first-order valence-electron chi connectivity index (χ1n) is 5.77. The zero-order valence-corrected chi connectivity index (χ0v) is 11.4. The van der Waals surface area contributed by atoms with Gasteiger partial charge in [0, 0.05) is 17.6 Å². The number of hydrogen-bond donors (Lipinski definition) is 1. The Labute approximate surface area is 110 Å². The van der Waals surface area contributed by atoms with Crippen LogP contribution in [0.2, 0.25) is 0 Å². The third-order valence-corrected chi connectivity index (χ3v) is 3.73. The number of carbonyl (C=O) groups excluding carboxylic acids is 1. The summed E-state index contributed by atoms with van der Waals surface area (Å²) in [7, 11) is 0. The summed E-state index contributed by atoms with van der Waals surface area (Å²) in [5.41, 5.74) is 0.464. The van der Waals surface area contributed by atoms with Gasteiger partial charge in [-0.3, -0.25) is 4.79 Å². The van der Waals surface area contributed by atoms with Gasteiger partial charge in [0.1, 0.15) is 0 Å². The van der Waals surface area contributed by atoms with Gasteiger partial charge in [0.05, 0.1) is 11.2 Å². The minimum absolute atomic E-state index is 0.0609. The molecular weight excluding hydrogens is 282 g/mol. The van der Waals surface area contributed by atoms with E-state index in [-0.39, 0.29) is 11.5 Å². The topological polar surface area (TPSA) is 38.3 Å². The molecule has 1 fully saturated rings. The second-order valence-electron chi connectivity index (χ2n) is 4.56. The molecule has 0 bridgehead atoms. The summed E-state index contributed by atoms with van der Waals surface area (Å²) in [4.78, 5) is 12.0. The number of benzene rings is 1. The molecule has 1 N–H and O–H groups in total. The molecule has 1 heterocycles. The Morgan fingerprint density at radius 2 is 2.29 bits per heavy atom. The zero-order valence-electron chi connectivity index (χ0n) is 9.83. The maximum absolute atomic E-state index is 12.0. The average molecular weight is 298 g/mol. The number of hydrogen-bond acceptors (Lipinski definition) is 2. The van der Waals surface area contributed by atoms with Gasteiger partial charge in [0.15, 0.2) is 0 Å². The highest BCUT2D eigenvalue weighted by molar-refractivity contribution is 9.10. The van der Waals surface area contributed by atoms with Crippen molar-refractivity contribution < 1.29 is 9.53 Å². The lowest BCUT2D eigenvalue weighted by atomic mass is 10.0. The van der Waals surface area contributed by atoms with Gasteiger partial charge in [-0.1, -0.05) is 12.1 Å². The molecule has 0 saturated carbocycles. The van der Waals surface area contributed by atoms with Crippen molar-refractivity contribution in [3.63, 3.8) is 0 Å². The van der Waals surface area contributed by atoms with E-state index in [1.165, 1.54) is 0 Å². The first-order chi connectivity index (χ1) is 8.11. The lowest BCUT2D eigenvalue weighted by molar-refractivity contribution is 0.0206. The highest BCUT2D eigenvalue weighted by Crippen LogP contribution is 2.24. The molecule has 3 nitrogen and oxygen atoms in total. The Morgan fingerprint density at radius 1 is 1.53 bits per heavy atom. The molecule has 0 aromatic heterocycles. The summed E-state index contributed by atoms with van der Waals surface area (Å²) in [5.74, 6) is -0.0609. The van der Waals surface area contributed by atoms with Crippen molar-refractivity contribution in [2.24, 2.45) is 0 Å². The van der Waals surface area contributed by atoms with Crippen molar-refractivity contribution in [3.8, 4) is 0 Å². The molecule has 1 amide bonds. The quantitative estimate of drug-likeness (QED) is 0.932. The van der Waals surface area contributed by atoms with E-state index in [9.17, 15) is 4.79 Å². The molecule has 1 atom stereocenters. The standard InChI is InChI=1S/C13H16BrNO2/c1-13(7-4-8-17-13)9-15-12(16)10-5-2-3-6-11(10)14/h2-3,5-6H,4,7-9H2,1H3,(H,15,16). The average Bonchev–Trinajstić information content (AvgIpc) is 2.74. The van der Waals surface area contributed by atoms with Crippen molar-refractivity contribution in [3.05, 3.63) is 34.3 Å². The van der Waals surface area contributed by atoms with Crippen LogP contribution in [0.5, 0.6) is 0 Å². The van der Waals surface area contributed by atoms with Crippen LogP contribution in [-0.4, -0.2) is 24.7 Å². The number of rotatable bonds is 3. The lowest BCUT2D eigenvalue weighted by Crippen LogP contribution is -2.40. The molecular formula is C13H16BrNO2. The lowest BCUT2D eigenvalue weighted by Gasteiger charge is -2.23. The molecule has 1 saturated heterocycles. The van der Waals surface area contributed by atoms with Gasteiger partial charge >= 0.3 is 0 Å². The minimum Gasteiger partial charge on any atom is -0.373 e. The smallest absolute Gasteiger partial charge is 0.252 e. The van der Waals surface area contributed by atoms with Gasteiger partial charge < -0.3 is 10.1 Å². The van der Waals surface area contributed by atoms with Crippen LogP contribution in [0.25, 0.3) is 0 Å². The van der Waals surface area contributed by atoms with Crippen LogP contribution in [0.1, 0.15) is 30.1 Å². The van der Waals surface area contributed by atoms with Gasteiger partial charge in [-0.2, -0.15) is 0 Å². The van der Waals surface area contributed by atoms with Crippen LogP contribution in [0.3, 0.4) is 0 Å². The third-order valence-electron chi connectivity index (χ3n) is 3.04. The van der Waals surface area contributed by atoms with E-state index in [0.29, 0.717) is 12.1 Å². The molecule has 1 unspecified atom stereocenters. The zero-order chi connectivity index (χ0) is 12.3. The van der Waals surface area contributed by atoms with Crippen molar-refractivity contribution in [1.29, 1.82) is 0 Å². The van der Waals surface area contributed by atoms with Crippen molar-refractivity contribution in [2.45, 2.75) is 25.4 Å². The Morgan fingerprint density at radius 3 is 2.94 bits per heavy atom. The first-order valence-corrected chi connectivity index (χ1v) is 6.57. The van der Waals surface area contributed by atoms with Crippen LogP contribution in [0.4, 0.5) is 0 Å². The van der Waals surface area contributed by atoms with E-state index in [2.05, 4.69) is 21.2 Å². The molecule has 92 valence electrons. The summed E-state index contributed by atoms with van der Waals surface area (Å²) < 4.78 is 6.45.